The second-order valence-electron chi connectivity index (χ2n) is 7.62. The summed E-state index contributed by atoms with van der Waals surface area (Å²) in [5, 5.41) is 0.520. The number of hydrogen-bond acceptors (Lipinski definition) is 7. The summed E-state index contributed by atoms with van der Waals surface area (Å²) in [5.74, 6) is -2.59. The van der Waals surface area contributed by atoms with Gasteiger partial charge in [-0.2, -0.15) is 4.98 Å². The first-order valence-corrected chi connectivity index (χ1v) is 12.4. The maximum absolute atomic E-state index is 14.3. The summed E-state index contributed by atoms with van der Waals surface area (Å²) in [6.45, 7) is 1.52. The molecule has 0 amide bonds. The number of sulfone groups is 1. The zero-order chi connectivity index (χ0) is 25.3. The lowest BCUT2D eigenvalue weighted by Crippen LogP contribution is -2.05. The van der Waals surface area contributed by atoms with Crippen molar-refractivity contribution in [2.45, 2.75) is 11.9 Å². The summed E-state index contributed by atoms with van der Waals surface area (Å²) < 4.78 is 64.1. The van der Waals surface area contributed by atoms with Gasteiger partial charge >= 0.3 is 0 Å². The summed E-state index contributed by atoms with van der Waals surface area (Å²) in [6.07, 6.45) is 2.88. The van der Waals surface area contributed by atoms with Gasteiger partial charge in [0.25, 0.3) is 5.88 Å². The van der Waals surface area contributed by atoms with Crippen LogP contribution in [0.25, 0.3) is 22.4 Å². The van der Waals surface area contributed by atoms with E-state index in [9.17, 15) is 17.2 Å². The molecule has 0 saturated heterocycles. The Morgan fingerprint density at radius 2 is 1.75 bits per heavy atom. The van der Waals surface area contributed by atoms with Crippen molar-refractivity contribution in [1.82, 2.24) is 19.9 Å². The highest BCUT2D eigenvalue weighted by Gasteiger charge is 2.19. The van der Waals surface area contributed by atoms with Crippen LogP contribution in [-0.4, -0.2) is 34.1 Å². The predicted octanol–water partition coefficient (Wildman–Crippen LogP) is 5.68. The van der Waals surface area contributed by atoms with Crippen molar-refractivity contribution >= 4 is 20.9 Å². The predicted molar refractivity (Wildman–Crippen MR) is 128 cm³/mol. The molecule has 11 heteroatoms. The number of H-pyrrole nitrogens is 1. The molecule has 0 unspecified atom stereocenters. The first-order valence-electron chi connectivity index (χ1n) is 10.8. The van der Waals surface area contributed by atoms with E-state index in [1.165, 1.54) is 31.3 Å². The Morgan fingerprint density at radius 1 is 0.944 bits per heavy atom. The largest absolute Gasteiger partial charge is 0.450 e. The number of para-hydroxylation sites is 1. The van der Waals surface area contributed by atoms with Crippen LogP contribution in [0.4, 0.5) is 8.78 Å². The Morgan fingerprint density at radius 3 is 2.42 bits per heavy atom. The number of hydrogen-bond donors (Lipinski definition) is 1. The van der Waals surface area contributed by atoms with Gasteiger partial charge in [-0.05, 0) is 48.5 Å². The molecule has 0 fully saturated rings. The van der Waals surface area contributed by atoms with Crippen molar-refractivity contribution in [3.8, 4) is 34.5 Å². The quantitative estimate of drug-likeness (QED) is 0.302. The van der Waals surface area contributed by atoms with E-state index in [0.29, 0.717) is 22.4 Å². The standard InChI is InChI=1S/C25H18F2N4O4S/c1-2-36(32,33)22-10-9-16(14-29-22)34-21-13-15-12-20(19-8-3-4-11-28-19)30-24(15)31-25(21)35-23-17(26)6-5-7-18(23)27/h3-14H,2H2,1H3,(H,30,31). The Kier molecular flexibility index (Phi) is 6.06. The zero-order valence-electron chi connectivity index (χ0n) is 18.8. The normalized spacial score (nSPS) is 11.5. The molecule has 0 aliphatic heterocycles. The van der Waals surface area contributed by atoms with E-state index in [1.54, 1.807) is 24.4 Å². The van der Waals surface area contributed by atoms with Crippen molar-refractivity contribution in [2.75, 3.05) is 5.75 Å². The lowest BCUT2D eigenvalue weighted by Gasteiger charge is -2.12. The molecular weight excluding hydrogens is 490 g/mol. The van der Waals surface area contributed by atoms with Gasteiger partial charge in [-0.1, -0.05) is 19.1 Å². The van der Waals surface area contributed by atoms with Gasteiger partial charge in [-0.15, -0.1) is 0 Å². The van der Waals surface area contributed by atoms with E-state index in [4.69, 9.17) is 9.47 Å². The van der Waals surface area contributed by atoms with Crippen LogP contribution in [0.1, 0.15) is 6.92 Å². The molecule has 4 heterocycles. The van der Waals surface area contributed by atoms with E-state index >= 15 is 0 Å². The fourth-order valence-electron chi connectivity index (χ4n) is 3.39. The van der Waals surface area contributed by atoms with E-state index in [-0.39, 0.29) is 28.2 Å². The molecule has 5 aromatic rings. The fourth-order valence-corrected chi connectivity index (χ4v) is 4.18. The first kappa shape index (κ1) is 23.4. The molecular formula is C25H18F2N4O4S. The van der Waals surface area contributed by atoms with Gasteiger partial charge < -0.3 is 14.5 Å². The van der Waals surface area contributed by atoms with E-state index < -0.39 is 27.2 Å². The number of rotatable bonds is 7. The van der Waals surface area contributed by atoms with E-state index in [1.807, 2.05) is 12.1 Å². The number of ether oxygens (including phenoxy) is 2. The number of aromatic amines is 1. The van der Waals surface area contributed by atoms with E-state index in [0.717, 1.165) is 12.1 Å². The molecule has 0 aliphatic rings. The summed E-state index contributed by atoms with van der Waals surface area (Å²) in [5.41, 5.74) is 1.70. The lowest BCUT2D eigenvalue weighted by molar-refractivity contribution is 0.370. The Balaban J connectivity index is 1.58. The van der Waals surface area contributed by atoms with Gasteiger partial charge in [0.2, 0.25) is 5.75 Å². The second-order valence-corrected chi connectivity index (χ2v) is 9.84. The van der Waals surface area contributed by atoms with E-state index in [2.05, 4.69) is 19.9 Å². The maximum atomic E-state index is 14.3. The minimum atomic E-state index is -3.50. The van der Waals surface area contributed by atoms with Crippen LogP contribution < -0.4 is 9.47 Å². The van der Waals surface area contributed by atoms with Gasteiger partial charge in [0, 0.05) is 11.6 Å². The molecule has 5 rings (SSSR count). The summed E-state index contributed by atoms with van der Waals surface area (Å²) in [7, 11) is -3.50. The molecule has 4 aromatic heterocycles. The number of halogens is 2. The Bertz CT molecular complexity index is 1640. The number of nitrogens with one attached hydrogen (secondary N) is 1. The van der Waals surface area contributed by atoms with Crippen LogP contribution in [0.3, 0.4) is 0 Å². The Hall–Kier alpha value is -4.38. The number of fused-ring (bicyclic) bond motifs is 1. The highest BCUT2D eigenvalue weighted by atomic mass is 32.2. The van der Waals surface area contributed by atoms with Crippen molar-refractivity contribution in [3.05, 3.63) is 84.7 Å². The SMILES string of the molecule is CCS(=O)(=O)c1ccc(Oc2cc3cc(-c4ccccn4)[nH]c3nc2Oc2c(F)cccc2F)cn1. The molecule has 36 heavy (non-hydrogen) atoms. The average molecular weight is 509 g/mol. The topological polar surface area (TPSA) is 107 Å². The molecule has 0 atom stereocenters. The molecule has 0 spiro atoms. The third-order valence-corrected chi connectivity index (χ3v) is 6.87. The minimum absolute atomic E-state index is 0.0321. The lowest BCUT2D eigenvalue weighted by atomic mass is 10.2. The number of nitrogens with zero attached hydrogens (tertiary/aromatic N) is 3. The summed E-state index contributed by atoms with van der Waals surface area (Å²) >= 11 is 0. The second kappa shape index (κ2) is 9.34. The number of aromatic nitrogens is 4. The van der Waals surface area contributed by atoms with Crippen LogP contribution in [0, 0.1) is 11.6 Å². The Labute approximate surface area is 204 Å². The summed E-state index contributed by atoms with van der Waals surface area (Å²) in [4.78, 5) is 15.8. The molecule has 182 valence electrons. The van der Waals surface area contributed by atoms with Crippen molar-refractivity contribution < 1.29 is 26.7 Å². The molecule has 0 radical (unpaired) electrons. The molecule has 0 bridgehead atoms. The zero-order valence-corrected chi connectivity index (χ0v) is 19.6. The molecule has 1 N–H and O–H groups in total. The average Bonchev–Trinajstić information content (AvgIpc) is 3.30. The van der Waals surface area contributed by atoms with Crippen molar-refractivity contribution in [3.63, 3.8) is 0 Å². The van der Waals surface area contributed by atoms with Crippen LogP contribution in [0.5, 0.6) is 23.1 Å². The maximum Gasteiger partial charge on any atom is 0.265 e. The molecule has 8 nitrogen and oxygen atoms in total. The van der Waals surface area contributed by atoms with Gasteiger partial charge in [-0.3, -0.25) is 4.98 Å². The van der Waals surface area contributed by atoms with Gasteiger partial charge in [0.1, 0.15) is 11.4 Å². The van der Waals surface area contributed by atoms with Crippen LogP contribution in [0.2, 0.25) is 0 Å². The fraction of sp³-hybridized carbons (Fsp3) is 0.0800. The number of benzene rings is 1. The van der Waals surface area contributed by atoms with Gasteiger partial charge in [0.15, 0.2) is 32.2 Å². The third-order valence-electron chi connectivity index (χ3n) is 5.23. The number of pyridine rings is 3. The highest BCUT2D eigenvalue weighted by molar-refractivity contribution is 7.91. The first-order chi connectivity index (χ1) is 17.3. The monoisotopic (exact) mass is 508 g/mol. The summed E-state index contributed by atoms with van der Waals surface area (Å²) in [6, 6.07) is 14.9. The van der Waals surface area contributed by atoms with Crippen LogP contribution in [0.15, 0.2) is 78.1 Å². The molecule has 1 aromatic carbocycles. The molecule has 0 saturated carbocycles. The van der Waals surface area contributed by atoms with Crippen LogP contribution in [-0.2, 0) is 9.84 Å². The van der Waals surface area contributed by atoms with Crippen molar-refractivity contribution in [2.24, 2.45) is 0 Å². The van der Waals surface area contributed by atoms with Crippen LogP contribution >= 0.6 is 0 Å². The third kappa shape index (κ3) is 4.60. The molecule has 0 aliphatic carbocycles. The van der Waals surface area contributed by atoms with Gasteiger partial charge in [0.05, 0.1) is 23.3 Å². The van der Waals surface area contributed by atoms with Crippen molar-refractivity contribution in [1.29, 1.82) is 0 Å². The van der Waals surface area contributed by atoms with Gasteiger partial charge in [-0.25, -0.2) is 22.2 Å². The minimum Gasteiger partial charge on any atom is -0.450 e. The highest BCUT2D eigenvalue weighted by Crippen LogP contribution is 2.38. The smallest absolute Gasteiger partial charge is 0.265 e.